The molecule has 1 aliphatic rings. The van der Waals surface area contributed by atoms with Crippen molar-refractivity contribution in [1.29, 1.82) is 0 Å². The minimum atomic E-state index is -0.0128. The maximum atomic E-state index is 5.30. The van der Waals surface area contributed by atoms with Gasteiger partial charge >= 0.3 is 0 Å². The van der Waals surface area contributed by atoms with Crippen LogP contribution in [0.25, 0.3) is 0 Å². The summed E-state index contributed by atoms with van der Waals surface area (Å²) in [5.74, 6) is 0. The summed E-state index contributed by atoms with van der Waals surface area (Å²) in [5.41, 5.74) is 1.10. The SMILES string of the molecule is CCOC(C)N=C1C=CC=CC1. The molecule has 1 aliphatic carbocycles. The maximum absolute atomic E-state index is 5.30. The molecule has 0 aromatic heterocycles. The van der Waals surface area contributed by atoms with E-state index in [1.165, 1.54) is 0 Å². The average molecular weight is 165 g/mol. The molecular formula is C10H15NO. The lowest BCUT2D eigenvalue weighted by atomic mass is 10.1. The molecule has 0 radical (unpaired) electrons. The molecule has 0 aromatic carbocycles. The van der Waals surface area contributed by atoms with Gasteiger partial charge in [0.2, 0.25) is 0 Å². The van der Waals surface area contributed by atoms with Gasteiger partial charge < -0.3 is 4.74 Å². The normalized spacial score (nSPS) is 21.7. The third-order valence-electron chi connectivity index (χ3n) is 1.62. The molecular weight excluding hydrogens is 150 g/mol. The number of nitrogens with zero attached hydrogens (tertiary/aromatic N) is 1. The zero-order chi connectivity index (χ0) is 8.81. The first-order valence-corrected chi connectivity index (χ1v) is 4.34. The Morgan fingerprint density at radius 1 is 1.58 bits per heavy atom. The quantitative estimate of drug-likeness (QED) is 0.629. The van der Waals surface area contributed by atoms with Crippen molar-refractivity contribution in [3.63, 3.8) is 0 Å². The van der Waals surface area contributed by atoms with Crippen LogP contribution in [-0.4, -0.2) is 18.5 Å². The van der Waals surface area contributed by atoms with Crippen LogP contribution in [0.5, 0.6) is 0 Å². The van der Waals surface area contributed by atoms with E-state index in [0.29, 0.717) is 0 Å². The highest BCUT2D eigenvalue weighted by Crippen LogP contribution is 2.02. The minimum Gasteiger partial charge on any atom is -0.357 e. The molecule has 0 saturated heterocycles. The number of ether oxygens (including phenoxy) is 1. The fourth-order valence-electron chi connectivity index (χ4n) is 1.11. The van der Waals surface area contributed by atoms with Crippen LogP contribution in [0.4, 0.5) is 0 Å². The second-order valence-electron chi connectivity index (χ2n) is 2.67. The maximum Gasteiger partial charge on any atom is 0.145 e. The van der Waals surface area contributed by atoms with Crippen molar-refractivity contribution in [2.45, 2.75) is 26.5 Å². The zero-order valence-electron chi connectivity index (χ0n) is 7.66. The molecule has 0 aliphatic heterocycles. The predicted molar refractivity (Wildman–Crippen MR) is 51.4 cm³/mol. The fraction of sp³-hybridized carbons (Fsp3) is 0.500. The number of hydrogen-bond acceptors (Lipinski definition) is 2. The largest absolute Gasteiger partial charge is 0.357 e. The summed E-state index contributed by atoms with van der Waals surface area (Å²) >= 11 is 0. The van der Waals surface area contributed by atoms with Crippen LogP contribution in [0.1, 0.15) is 20.3 Å². The molecule has 0 saturated carbocycles. The van der Waals surface area contributed by atoms with E-state index in [1.807, 2.05) is 32.1 Å². The van der Waals surface area contributed by atoms with Crippen LogP contribution in [0.3, 0.4) is 0 Å². The molecule has 66 valence electrons. The van der Waals surface area contributed by atoms with Crippen molar-refractivity contribution in [2.24, 2.45) is 4.99 Å². The van der Waals surface area contributed by atoms with E-state index in [4.69, 9.17) is 4.74 Å². The highest BCUT2D eigenvalue weighted by atomic mass is 16.5. The smallest absolute Gasteiger partial charge is 0.145 e. The lowest BCUT2D eigenvalue weighted by Gasteiger charge is -2.08. The molecule has 1 rings (SSSR count). The summed E-state index contributed by atoms with van der Waals surface area (Å²) < 4.78 is 5.30. The Labute approximate surface area is 73.6 Å². The third-order valence-corrected chi connectivity index (χ3v) is 1.62. The summed E-state index contributed by atoms with van der Waals surface area (Å²) in [6.07, 6.45) is 9.06. The first-order valence-electron chi connectivity index (χ1n) is 4.34. The first-order chi connectivity index (χ1) is 5.83. The predicted octanol–water partition coefficient (Wildman–Crippen LogP) is 2.33. The summed E-state index contributed by atoms with van der Waals surface area (Å²) in [4.78, 5) is 4.38. The van der Waals surface area contributed by atoms with Crippen molar-refractivity contribution < 1.29 is 4.74 Å². The van der Waals surface area contributed by atoms with Crippen LogP contribution < -0.4 is 0 Å². The van der Waals surface area contributed by atoms with Gasteiger partial charge in [0.15, 0.2) is 0 Å². The second kappa shape index (κ2) is 4.88. The van der Waals surface area contributed by atoms with Gasteiger partial charge in [-0.25, -0.2) is 0 Å². The summed E-state index contributed by atoms with van der Waals surface area (Å²) in [6.45, 7) is 4.66. The van der Waals surface area contributed by atoms with E-state index in [2.05, 4.69) is 11.1 Å². The standard InChI is InChI=1S/C10H15NO/c1-3-12-9(2)11-10-7-5-4-6-8-10/h4-7,9H,3,8H2,1-2H3. The van der Waals surface area contributed by atoms with Gasteiger partial charge in [-0.1, -0.05) is 18.2 Å². The Hall–Kier alpha value is -0.890. The first kappa shape index (κ1) is 9.20. The van der Waals surface area contributed by atoms with Gasteiger partial charge in [-0.3, -0.25) is 4.99 Å². The molecule has 2 heteroatoms. The van der Waals surface area contributed by atoms with Crippen molar-refractivity contribution in [1.82, 2.24) is 0 Å². The Morgan fingerprint density at radius 3 is 3.00 bits per heavy atom. The van der Waals surface area contributed by atoms with Gasteiger partial charge in [-0.05, 0) is 19.9 Å². The summed E-state index contributed by atoms with van der Waals surface area (Å²) in [7, 11) is 0. The molecule has 0 spiro atoms. The van der Waals surface area contributed by atoms with Crippen molar-refractivity contribution in [3.05, 3.63) is 24.3 Å². The Bertz CT molecular complexity index is 216. The molecule has 0 aromatic rings. The second-order valence-corrected chi connectivity index (χ2v) is 2.67. The molecule has 0 N–H and O–H groups in total. The van der Waals surface area contributed by atoms with Gasteiger partial charge in [0.05, 0.1) is 0 Å². The van der Waals surface area contributed by atoms with Crippen LogP contribution in [0.2, 0.25) is 0 Å². The monoisotopic (exact) mass is 165 g/mol. The lowest BCUT2D eigenvalue weighted by molar-refractivity contribution is 0.0831. The fourth-order valence-corrected chi connectivity index (χ4v) is 1.11. The number of rotatable bonds is 3. The zero-order valence-corrected chi connectivity index (χ0v) is 7.66. The van der Waals surface area contributed by atoms with Crippen LogP contribution in [0, 0.1) is 0 Å². The number of aliphatic imine (C=N–C) groups is 1. The van der Waals surface area contributed by atoms with Gasteiger partial charge in [-0.15, -0.1) is 0 Å². The van der Waals surface area contributed by atoms with Crippen molar-refractivity contribution >= 4 is 5.71 Å². The van der Waals surface area contributed by atoms with E-state index in [-0.39, 0.29) is 6.23 Å². The topological polar surface area (TPSA) is 21.6 Å². The molecule has 0 heterocycles. The number of allylic oxidation sites excluding steroid dienone is 4. The van der Waals surface area contributed by atoms with Crippen molar-refractivity contribution in [3.8, 4) is 0 Å². The van der Waals surface area contributed by atoms with E-state index >= 15 is 0 Å². The molecule has 0 fully saturated rings. The third kappa shape index (κ3) is 3.01. The van der Waals surface area contributed by atoms with E-state index in [9.17, 15) is 0 Å². The van der Waals surface area contributed by atoms with Crippen molar-refractivity contribution in [2.75, 3.05) is 6.61 Å². The van der Waals surface area contributed by atoms with Crippen LogP contribution >= 0.6 is 0 Å². The van der Waals surface area contributed by atoms with Gasteiger partial charge in [0.1, 0.15) is 6.23 Å². The Balaban J connectivity index is 2.45. The Kier molecular flexibility index (Phi) is 3.74. The number of hydrogen-bond donors (Lipinski definition) is 0. The highest BCUT2D eigenvalue weighted by molar-refractivity contribution is 5.97. The van der Waals surface area contributed by atoms with Gasteiger partial charge in [-0.2, -0.15) is 0 Å². The lowest BCUT2D eigenvalue weighted by Crippen LogP contribution is -2.08. The van der Waals surface area contributed by atoms with Gasteiger partial charge in [0.25, 0.3) is 0 Å². The van der Waals surface area contributed by atoms with Crippen LogP contribution in [-0.2, 0) is 4.74 Å². The minimum absolute atomic E-state index is 0.0128. The molecule has 0 bridgehead atoms. The molecule has 0 amide bonds. The van der Waals surface area contributed by atoms with E-state index < -0.39 is 0 Å². The van der Waals surface area contributed by atoms with Crippen LogP contribution in [0.15, 0.2) is 29.3 Å². The van der Waals surface area contributed by atoms with Gasteiger partial charge in [0, 0.05) is 18.7 Å². The van der Waals surface area contributed by atoms with E-state index in [0.717, 1.165) is 18.7 Å². The molecule has 2 nitrogen and oxygen atoms in total. The highest BCUT2D eigenvalue weighted by Gasteiger charge is 1.99. The molecule has 1 unspecified atom stereocenters. The van der Waals surface area contributed by atoms with E-state index in [1.54, 1.807) is 0 Å². The summed E-state index contributed by atoms with van der Waals surface area (Å²) in [6, 6.07) is 0. The summed E-state index contributed by atoms with van der Waals surface area (Å²) in [5, 5.41) is 0. The molecule has 1 atom stereocenters. The Morgan fingerprint density at radius 2 is 2.42 bits per heavy atom. The average Bonchev–Trinajstić information content (AvgIpc) is 2.06. The molecule has 12 heavy (non-hydrogen) atoms.